The summed E-state index contributed by atoms with van der Waals surface area (Å²) in [6.45, 7) is 8.10. The van der Waals surface area contributed by atoms with E-state index in [4.69, 9.17) is 9.47 Å². The number of nitrogens with one attached hydrogen (secondary N) is 4. The number of hydrogen-bond acceptors (Lipinski definition) is 11. The van der Waals surface area contributed by atoms with Crippen LogP contribution >= 0.6 is 11.3 Å². The van der Waals surface area contributed by atoms with E-state index in [2.05, 4.69) is 48.0 Å². The second-order valence-corrected chi connectivity index (χ2v) is 16.5. The normalized spacial score (nSPS) is 15.3. The number of H-pyrrole nitrogens is 1. The second-order valence-electron chi connectivity index (χ2n) is 15.6. The van der Waals surface area contributed by atoms with Gasteiger partial charge < -0.3 is 35.4 Å². The number of hydrogen-bond donors (Lipinski definition) is 5. The number of β-amino-alcohol motifs (C(OH)–C–C–N with tert-alkyl or cyclic N) is 1. The number of ether oxygens (including phenoxy) is 2. The fourth-order valence-electron chi connectivity index (χ4n) is 6.74. The molecular weight excluding hydrogens is 797 g/mol. The van der Waals surface area contributed by atoms with Crippen molar-refractivity contribution in [2.45, 2.75) is 71.7 Å². The quantitative estimate of drug-likeness (QED) is 0.0696. The highest BCUT2D eigenvalue weighted by atomic mass is 32.1. The summed E-state index contributed by atoms with van der Waals surface area (Å²) in [5.74, 6) is 4.96. The number of rotatable bonds is 15. The molecule has 1 saturated heterocycles. The van der Waals surface area contributed by atoms with Gasteiger partial charge in [-0.25, -0.2) is 9.97 Å². The van der Waals surface area contributed by atoms with Gasteiger partial charge in [0, 0.05) is 44.1 Å². The van der Waals surface area contributed by atoms with Gasteiger partial charge in [-0.05, 0) is 59.9 Å². The van der Waals surface area contributed by atoms with E-state index >= 15 is 0 Å². The molecule has 1 aliphatic heterocycles. The number of thiazole rings is 1. The Morgan fingerprint density at radius 2 is 1.87 bits per heavy atom. The van der Waals surface area contributed by atoms with Crippen LogP contribution in [0, 0.1) is 24.2 Å². The summed E-state index contributed by atoms with van der Waals surface area (Å²) in [6, 6.07) is 18.1. The number of nitrogens with zero attached hydrogens (tertiary/aromatic N) is 4. The molecule has 2 aromatic carbocycles. The van der Waals surface area contributed by atoms with Crippen LogP contribution in [-0.4, -0.2) is 98.9 Å². The number of methoxy groups -OCH3 is 1. The molecule has 15 nitrogen and oxygen atoms in total. The van der Waals surface area contributed by atoms with Crippen molar-refractivity contribution in [3.05, 3.63) is 101 Å². The van der Waals surface area contributed by atoms with E-state index in [0.717, 1.165) is 21.7 Å². The minimum Gasteiger partial charge on any atom is -0.495 e. The van der Waals surface area contributed by atoms with E-state index in [9.17, 15) is 24.3 Å². The average Bonchev–Trinajstić information content (AvgIpc) is 4.04. The highest BCUT2D eigenvalue weighted by Gasteiger charge is 2.44. The Bertz CT molecular complexity index is 2380. The second kappa shape index (κ2) is 20.2. The van der Waals surface area contributed by atoms with Gasteiger partial charge in [0.15, 0.2) is 0 Å². The first-order valence-electron chi connectivity index (χ1n) is 19.9. The first-order valence-corrected chi connectivity index (χ1v) is 20.8. The number of aromatic nitrogens is 4. The Kier molecular flexibility index (Phi) is 14.6. The lowest BCUT2D eigenvalue weighted by Gasteiger charge is -2.35. The standard InChI is InChI=1S/C45H50N8O7S/c1-28-40(61-27-47-28)31-15-12-30(13-16-31)25-46-43(57)37-24-32(54)26-53(37)44(58)41(45(2,3)4)51-39(55)19-22-60-21-7-6-9-29-14-17-35(38(23-29)59-5)50-42(56)36-11-8-10-33(49-36)34-18-20-48-52-34/h8,10-18,20,23,27,32,37,41,54H,7,19,21-22,24-26H2,1-5H3,(H,46,57)(H,48,52)(H,50,56)(H,51,55)/t32-,37+,41-/m1/s1. The number of aromatic amines is 1. The van der Waals surface area contributed by atoms with Gasteiger partial charge in [0.05, 0.1) is 59.6 Å². The molecule has 3 atom stereocenters. The van der Waals surface area contributed by atoms with Crippen molar-refractivity contribution in [2.24, 2.45) is 5.41 Å². The van der Waals surface area contributed by atoms with Gasteiger partial charge in [-0.1, -0.05) is 62.9 Å². The number of aliphatic hydroxyl groups is 1. The van der Waals surface area contributed by atoms with Gasteiger partial charge in [-0.2, -0.15) is 5.10 Å². The molecule has 16 heteroatoms. The molecule has 0 bridgehead atoms. The van der Waals surface area contributed by atoms with E-state index in [1.54, 1.807) is 60.0 Å². The zero-order chi connectivity index (χ0) is 43.5. The number of pyridine rings is 1. The Morgan fingerprint density at radius 1 is 1.07 bits per heavy atom. The maximum absolute atomic E-state index is 14.0. The minimum absolute atomic E-state index is 0.00848. The van der Waals surface area contributed by atoms with Crippen molar-refractivity contribution >= 4 is 40.7 Å². The molecule has 3 aromatic heterocycles. The molecular formula is C45H50N8O7S. The molecule has 4 heterocycles. The number of carbonyl (C=O) groups excluding carboxylic acids is 4. The molecule has 0 spiro atoms. The first kappa shape index (κ1) is 44.2. The maximum atomic E-state index is 14.0. The van der Waals surface area contributed by atoms with Crippen LogP contribution < -0.4 is 20.7 Å². The van der Waals surface area contributed by atoms with Crippen molar-refractivity contribution in [3.8, 4) is 39.4 Å². The molecule has 5 N–H and O–H groups in total. The van der Waals surface area contributed by atoms with Crippen LogP contribution in [0.5, 0.6) is 5.75 Å². The Hall–Kier alpha value is -6.41. The van der Waals surface area contributed by atoms with Gasteiger partial charge in [0.25, 0.3) is 5.91 Å². The molecule has 0 saturated carbocycles. The Labute approximate surface area is 358 Å². The predicted octanol–water partition coefficient (Wildman–Crippen LogP) is 5.12. The van der Waals surface area contributed by atoms with Crippen LogP contribution in [0.15, 0.2) is 78.4 Å². The van der Waals surface area contributed by atoms with Crippen LogP contribution in [0.2, 0.25) is 0 Å². The molecule has 0 unspecified atom stereocenters. The van der Waals surface area contributed by atoms with E-state index in [1.165, 1.54) is 12.0 Å². The highest BCUT2D eigenvalue weighted by molar-refractivity contribution is 7.13. The number of anilines is 1. The van der Waals surface area contributed by atoms with E-state index in [-0.39, 0.29) is 56.7 Å². The highest BCUT2D eigenvalue weighted by Crippen LogP contribution is 2.29. The van der Waals surface area contributed by atoms with Crippen LogP contribution in [-0.2, 0) is 25.7 Å². The molecule has 1 aliphatic rings. The summed E-state index contributed by atoms with van der Waals surface area (Å²) in [6.07, 6.45) is 1.24. The summed E-state index contributed by atoms with van der Waals surface area (Å²) in [5, 5.41) is 25.9. The smallest absolute Gasteiger partial charge is 0.274 e. The van der Waals surface area contributed by atoms with Crippen molar-refractivity contribution in [3.63, 3.8) is 0 Å². The Balaban J connectivity index is 0.946. The lowest BCUT2D eigenvalue weighted by Crippen LogP contribution is -2.57. The molecule has 1 fully saturated rings. The fourth-order valence-corrected chi connectivity index (χ4v) is 7.55. The van der Waals surface area contributed by atoms with Crippen molar-refractivity contribution in [2.75, 3.05) is 32.2 Å². The Morgan fingerprint density at radius 3 is 2.57 bits per heavy atom. The first-order chi connectivity index (χ1) is 29.3. The lowest BCUT2D eigenvalue weighted by atomic mass is 9.85. The maximum Gasteiger partial charge on any atom is 0.274 e. The summed E-state index contributed by atoms with van der Waals surface area (Å²) >= 11 is 1.57. The molecule has 6 rings (SSSR count). The molecule has 4 amide bonds. The SMILES string of the molecule is COc1cc(C#CCCOCCC(=O)N[C@H](C(=O)N2C[C@H](O)C[C@H]2C(=O)NCc2ccc(-c3scnc3C)cc2)C(C)(C)C)ccc1NC(=O)c1cccc(-c2ccn[nH]2)n1. The molecule has 5 aromatic rings. The van der Waals surface area contributed by atoms with Gasteiger partial charge >= 0.3 is 0 Å². The number of amides is 4. The van der Waals surface area contributed by atoms with Gasteiger partial charge in [-0.15, -0.1) is 11.3 Å². The minimum atomic E-state index is -0.943. The van der Waals surface area contributed by atoms with Crippen LogP contribution in [0.4, 0.5) is 5.69 Å². The number of benzene rings is 2. The number of aliphatic hydroxyl groups excluding tert-OH is 1. The number of carbonyl (C=O) groups is 4. The topological polar surface area (TPSA) is 201 Å². The monoisotopic (exact) mass is 846 g/mol. The van der Waals surface area contributed by atoms with Crippen LogP contribution in [0.3, 0.4) is 0 Å². The van der Waals surface area contributed by atoms with Crippen molar-refractivity contribution in [1.82, 2.24) is 35.7 Å². The molecule has 0 aliphatic carbocycles. The predicted molar refractivity (Wildman–Crippen MR) is 231 cm³/mol. The van der Waals surface area contributed by atoms with Crippen LogP contribution in [0.25, 0.3) is 21.8 Å². The lowest BCUT2D eigenvalue weighted by molar-refractivity contribution is -0.144. The van der Waals surface area contributed by atoms with E-state index < -0.39 is 35.4 Å². The van der Waals surface area contributed by atoms with Crippen molar-refractivity contribution < 1.29 is 33.8 Å². The summed E-state index contributed by atoms with van der Waals surface area (Å²) in [5.41, 5.74) is 6.67. The fraction of sp³-hybridized carbons (Fsp3) is 0.356. The third kappa shape index (κ3) is 11.7. The van der Waals surface area contributed by atoms with E-state index in [1.807, 2.05) is 57.5 Å². The van der Waals surface area contributed by atoms with Gasteiger partial charge in [-0.3, -0.25) is 24.3 Å². The molecule has 0 radical (unpaired) electrons. The van der Waals surface area contributed by atoms with Crippen molar-refractivity contribution in [1.29, 1.82) is 0 Å². The average molecular weight is 847 g/mol. The van der Waals surface area contributed by atoms with Gasteiger partial charge in [0.2, 0.25) is 17.7 Å². The zero-order valence-corrected chi connectivity index (χ0v) is 35.6. The molecule has 318 valence electrons. The van der Waals surface area contributed by atoms with E-state index in [0.29, 0.717) is 34.8 Å². The number of aryl methyl sites for hydroxylation is 1. The number of likely N-dealkylation sites (tertiary alicyclic amines) is 1. The summed E-state index contributed by atoms with van der Waals surface area (Å²) in [4.78, 5) is 64.6. The zero-order valence-electron chi connectivity index (χ0n) is 34.8. The van der Waals surface area contributed by atoms with Crippen LogP contribution in [0.1, 0.15) is 67.3 Å². The van der Waals surface area contributed by atoms with Gasteiger partial charge in [0.1, 0.15) is 23.5 Å². The largest absolute Gasteiger partial charge is 0.495 e. The summed E-state index contributed by atoms with van der Waals surface area (Å²) < 4.78 is 11.2. The summed E-state index contributed by atoms with van der Waals surface area (Å²) in [7, 11) is 1.50. The third-order valence-electron chi connectivity index (χ3n) is 10.00. The third-order valence-corrected chi connectivity index (χ3v) is 11.0. The molecule has 61 heavy (non-hydrogen) atoms.